The highest BCUT2D eigenvalue weighted by molar-refractivity contribution is 7.98. The summed E-state index contributed by atoms with van der Waals surface area (Å²) in [7, 11) is 1.64. The average Bonchev–Trinajstić information content (AvgIpc) is 3.05. The van der Waals surface area contributed by atoms with Gasteiger partial charge in [-0.1, -0.05) is 35.5 Å². The quantitative estimate of drug-likeness (QED) is 0.638. The standard InChI is InChI=1S/C18H18N2O2S/c1-12-4-5-13(2)15(10-12)11-23-18-20-19-17(22-18)14-6-8-16(21-3)9-7-14/h4-10H,11H2,1-3H3. The van der Waals surface area contributed by atoms with E-state index in [0.29, 0.717) is 11.1 Å². The van der Waals surface area contributed by atoms with Crippen LogP contribution in [0.2, 0.25) is 0 Å². The first-order chi connectivity index (χ1) is 11.2. The van der Waals surface area contributed by atoms with E-state index in [2.05, 4.69) is 42.2 Å². The zero-order valence-corrected chi connectivity index (χ0v) is 14.2. The molecule has 118 valence electrons. The maximum Gasteiger partial charge on any atom is 0.277 e. The SMILES string of the molecule is COc1ccc(-c2nnc(SCc3cc(C)ccc3C)o2)cc1. The summed E-state index contributed by atoms with van der Waals surface area (Å²) in [6, 6.07) is 14.0. The summed E-state index contributed by atoms with van der Waals surface area (Å²) >= 11 is 1.55. The molecule has 0 amide bonds. The van der Waals surface area contributed by atoms with Crippen molar-refractivity contribution >= 4 is 11.8 Å². The summed E-state index contributed by atoms with van der Waals surface area (Å²) < 4.78 is 10.9. The van der Waals surface area contributed by atoms with Gasteiger partial charge in [-0.25, -0.2) is 0 Å². The Kier molecular flexibility index (Phi) is 4.67. The molecular formula is C18H18N2O2S. The fraction of sp³-hybridized carbons (Fsp3) is 0.222. The Morgan fingerprint density at radius 3 is 2.57 bits per heavy atom. The predicted octanol–water partition coefficient (Wildman–Crippen LogP) is 4.65. The van der Waals surface area contributed by atoms with Crippen LogP contribution in [0.25, 0.3) is 11.5 Å². The first kappa shape index (κ1) is 15.6. The van der Waals surface area contributed by atoms with Crippen LogP contribution in [0.1, 0.15) is 16.7 Å². The second kappa shape index (κ2) is 6.87. The van der Waals surface area contributed by atoms with Crippen LogP contribution < -0.4 is 4.74 Å². The highest BCUT2D eigenvalue weighted by atomic mass is 32.2. The van der Waals surface area contributed by atoms with Crippen molar-refractivity contribution in [2.45, 2.75) is 24.8 Å². The minimum absolute atomic E-state index is 0.524. The molecule has 1 aromatic heterocycles. The number of methoxy groups -OCH3 is 1. The van der Waals surface area contributed by atoms with Crippen LogP contribution in [-0.2, 0) is 5.75 Å². The van der Waals surface area contributed by atoms with Crippen LogP contribution in [0.4, 0.5) is 0 Å². The summed E-state index contributed by atoms with van der Waals surface area (Å²) in [5.41, 5.74) is 4.71. The molecule has 0 spiro atoms. The molecule has 0 saturated carbocycles. The van der Waals surface area contributed by atoms with E-state index in [4.69, 9.17) is 9.15 Å². The van der Waals surface area contributed by atoms with Gasteiger partial charge in [0.1, 0.15) is 5.75 Å². The molecule has 3 rings (SSSR count). The molecule has 3 aromatic rings. The van der Waals surface area contributed by atoms with E-state index in [0.717, 1.165) is 17.1 Å². The number of aryl methyl sites for hydroxylation is 2. The molecule has 5 heteroatoms. The average molecular weight is 326 g/mol. The van der Waals surface area contributed by atoms with Crippen molar-refractivity contribution in [2.24, 2.45) is 0 Å². The van der Waals surface area contributed by atoms with Crippen LogP contribution in [0.15, 0.2) is 52.1 Å². The lowest BCUT2D eigenvalue weighted by molar-refractivity contribution is 0.414. The monoisotopic (exact) mass is 326 g/mol. The fourth-order valence-corrected chi connectivity index (χ4v) is 3.04. The first-order valence-electron chi connectivity index (χ1n) is 7.32. The number of nitrogens with zero attached hydrogens (tertiary/aromatic N) is 2. The van der Waals surface area contributed by atoms with Crippen LogP contribution in [0, 0.1) is 13.8 Å². The molecule has 0 saturated heterocycles. The summed E-state index contributed by atoms with van der Waals surface area (Å²) in [4.78, 5) is 0. The van der Waals surface area contributed by atoms with Crippen LogP contribution in [-0.4, -0.2) is 17.3 Å². The lowest BCUT2D eigenvalue weighted by atomic mass is 10.1. The molecular weight excluding hydrogens is 308 g/mol. The van der Waals surface area contributed by atoms with Crippen molar-refractivity contribution in [3.8, 4) is 17.2 Å². The molecule has 1 heterocycles. The molecule has 0 bridgehead atoms. The Hall–Kier alpha value is -2.27. The number of thioether (sulfide) groups is 1. The molecule has 4 nitrogen and oxygen atoms in total. The van der Waals surface area contributed by atoms with Gasteiger partial charge in [0.15, 0.2) is 0 Å². The number of aromatic nitrogens is 2. The molecule has 2 aromatic carbocycles. The zero-order chi connectivity index (χ0) is 16.2. The Balaban J connectivity index is 1.70. The fourth-order valence-electron chi connectivity index (χ4n) is 2.21. The van der Waals surface area contributed by atoms with Gasteiger partial charge < -0.3 is 9.15 Å². The maximum absolute atomic E-state index is 5.73. The molecule has 0 aliphatic carbocycles. The third-order valence-corrected chi connectivity index (χ3v) is 4.47. The van der Waals surface area contributed by atoms with E-state index in [1.807, 2.05) is 24.3 Å². The summed E-state index contributed by atoms with van der Waals surface area (Å²) in [6.07, 6.45) is 0. The van der Waals surface area contributed by atoms with Gasteiger partial charge in [0.05, 0.1) is 7.11 Å². The third-order valence-electron chi connectivity index (χ3n) is 3.60. The summed E-state index contributed by atoms with van der Waals surface area (Å²) in [5.74, 6) is 2.14. The van der Waals surface area contributed by atoms with E-state index < -0.39 is 0 Å². The van der Waals surface area contributed by atoms with E-state index in [1.54, 1.807) is 18.9 Å². The van der Waals surface area contributed by atoms with E-state index in [-0.39, 0.29) is 0 Å². The minimum Gasteiger partial charge on any atom is -0.497 e. The summed E-state index contributed by atoms with van der Waals surface area (Å²) in [6.45, 7) is 4.22. The number of ether oxygens (including phenoxy) is 1. The van der Waals surface area contributed by atoms with Crippen molar-refractivity contribution in [1.82, 2.24) is 10.2 Å². The van der Waals surface area contributed by atoms with E-state index in [9.17, 15) is 0 Å². The number of hydrogen-bond acceptors (Lipinski definition) is 5. The van der Waals surface area contributed by atoms with Crippen LogP contribution in [0.3, 0.4) is 0 Å². The highest BCUT2D eigenvalue weighted by Gasteiger charge is 2.10. The lowest BCUT2D eigenvalue weighted by Crippen LogP contribution is -1.87. The van der Waals surface area contributed by atoms with Crippen molar-refractivity contribution in [1.29, 1.82) is 0 Å². The highest BCUT2D eigenvalue weighted by Crippen LogP contribution is 2.27. The van der Waals surface area contributed by atoms with Crippen molar-refractivity contribution in [3.05, 3.63) is 59.2 Å². The molecule has 0 unspecified atom stereocenters. The number of benzene rings is 2. The molecule has 23 heavy (non-hydrogen) atoms. The Morgan fingerprint density at radius 2 is 1.83 bits per heavy atom. The number of hydrogen-bond donors (Lipinski definition) is 0. The molecule has 0 aliphatic heterocycles. The van der Waals surface area contributed by atoms with Gasteiger partial charge in [0.2, 0.25) is 5.89 Å². The van der Waals surface area contributed by atoms with Crippen LogP contribution >= 0.6 is 11.8 Å². The van der Waals surface area contributed by atoms with E-state index in [1.165, 1.54) is 16.7 Å². The van der Waals surface area contributed by atoms with Gasteiger partial charge in [-0.3, -0.25) is 0 Å². The molecule has 0 radical (unpaired) electrons. The maximum atomic E-state index is 5.73. The third kappa shape index (κ3) is 3.74. The van der Waals surface area contributed by atoms with Crippen molar-refractivity contribution < 1.29 is 9.15 Å². The van der Waals surface area contributed by atoms with Gasteiger partial charge in [-0.15, -0.1) is 10.2 Å². The minimum atomic E-state index is 0.524. The van der Waals surface area contributed by atoms with E-state index >= 15 is 0 Å². The van der Waals surface area contributed by atoms with Gasteiger partial charge >= 0.3 is 0 Å². The van der Waals surface area contributed by atoms with Gasteiger partial charge in [0, 0.05) is 11.3 Å². The topological polar surface area (TPSA) is 48.2 Å². The Morgan fingerprint density at radius 1 is 1.04 bits per heavy atom. The van der Waals surface area contributed by atoms with Crippen LogP contribution in [0.5, 0.6) is 5.75 Å². The van der Waals surface area contributed by atoms with Gasteiger partial charge in [-0.05, 0) is 49.2 Å². The molecule has 0 atom stereocenters. The largest absolute Gasteiger partial charge is 0.497 e. The molecule has 0 N–H and O–H groups in total. The summed E-state index contributed by atoms with van der Waals surface area (Å²) in [5, 5.41) is 8.81. The normalized spacial score (nSPS) is 10.7. The molecule has 0 fully saturated rings. The predicted molar refractivity (Wildman–Crippen MR) is 91.8 cm³/mol. The Bertz CT molecular complexity index is 797. The first-order valence-corrected chi connectivity index (χ1v) is 8.31. The van der Waals surface area contributed by atoms with Gasteiger partial charge in [0.25, 0.3) is 5.22 Å². The van der Waals surface area contributed by atoms with Crippen molar-refractivity contribution in [2.75, 3.05) is 7.11 Å². The smallest absolute Gasteiger partial charge is 0.277 e. The second-order valence-corrected chi connectivity index (χ2v) is 6.25. The number of rotatable bonds is 5. The second-order valence-electron chi connectivity index (χ2n) is 5.32. The van der Waals surface area contributed by atoms with Crippen molar-refractivity contribution in [3.63, 3.8) is 0 Å². The molecule has 0 aliphatic rings. The Labute approximate surface area is 139 Å². The zero-order valence-electron chi connectivity index (χ0n) is 13.4. The van der Waals surface area contributed by atoms with Gasteiger partial charge in [-0.2, -0.15) is 0 Å². The lowest BCUT2D eigenvalue weighted by Gasteiger charge is -2.04.